The van der Waals surface area contributed by atoms with Gasteiger partial charge in [0.2, 0.25) is 0 Å². The first-order chi connectivity index (χ1) is 7.15. The fourth-order valence-corrected chi connectivity index (χ4v) is 1.45. The Labute approximate surface area is 94.7 Å². The molecule has 0 saturated carbocycles. The molecule has 0 aromatic heterocycles. The summed E-state index contributed by atoms with van der Waals surface area (Å²) in [4.78, 5) is 0. The predicted molar refractivity (Wildman–Crippen MR) is 70.0 cm³/mol. The van der Waals surface area contributed by atoms with Crippen LogP contribution in [0.4, 0.5) is 5.69 Å². The summed E-state index contributed by atoms with van der Waals surface area (Å²) >= 11 is 0. The Morgan fingerprint density at radius 3 is 1.67 bits per heavy atom. The Balaban J connectivity index is 0.000000265. The molecule has 1 rings (SSSR count). The van der Waals surface area contributed by atoms with E-state index in [4.69, 9.17) is 5.73 Å². The van der Waals surface area contributed by atoms with Crippen LogP contribution in [0.3, 0.4) is 0 Å². The molecular weight excluding hydrogens is 182 g/mol. The van der Waals surface area contributed by atoms with Crippen molar-refractivity contribution >= 4 is 5.69 Å². The fourth-order valence-electron chi connectivity index (χ4n) is 1.45. The van der Waals surface area contributed by atoms with Crippen molar-refractivity contribution in [3.63, 3.8) is 0 Å². The quantitative estimate of drug-likeness (QED) is 0.730. The molecule has 0 saturated heterocycles. The van der Waals surface area contributed by atoms with Gasteiger partial charge in [-0.25, -0.2) is 0 Å². The van der Waals surface area contributed by atoms with Crippen LogP contribution in [0.15, 0.2) is 24.3 Å². The van der Waals surface area contributed by atoms with E-state index in [9.17, 15) is 0 Å². The molecular formula is C14H25N. The summed E-state index contributed by atoms with van der Waals surface area (Å²) in [5.74, 6) is 0.986. The number of rotatable bonds is 3. The normalized spacial score (nSPS) is 9.67. The zero-order chi connectivity index (χ0) is 11.7. The molecule has 0 atom stereocenters. The van der Waals surface area contributed by atoms with Crippen LogP contribution in [-0.2, 0) is 0 Å². The largest absolute Gasteiger partial charge is 0.399 e. The Kier molecular flexibility index (Phi) is 7.79. The summed E-state index contributed by atoms with van der Waals surface area (Å²) < 4.78 is 0. The molecule has 0 unspecified atom stereocenters. The van der Waals surface area contributed by atoms with E-state index in [1.807, 2.05) is 31.2 Å². The maximum absolute atomic E-state index is 5.52. The number of nitrogen functional groups attached to an aromatic ring is 1. The Morgan fingerprint density at radius 2 is 1.47 bits per heavy atom. The van der Waals surface area contributed by atoms with Gasteiger partial charge in [-0.3, -0.25) is 0 Å². The van der Waals surface area contributed by atoms with Gasteiger partial charge in [-0.2, -0.15) is 0 Å². The molecule has 1 heteroatoms. The molecule has 0 bridgehead atoms. The summed E-state index contributed by atoms with van der Waals surface area (Å²) in [6, 6.07) is 7.80. The zero-order valence-corrected chi connectivity index (χ0v) is 10.6. The van der Waals surface area contributed by atoms with Crippen molar-refractivity contribution in [1.29, 1.82) is 0 Å². The number of hydrogen-bond acceptors (Lipinski definition) is 1. The van der Waals surface area contributed by atoms with Gasteiger partial charge in [0.1, 0.15) is 0 Å². The molecule has 1 nitrogen and oxygen atoms in total. The molecule has 2 N–H and O–H groups in total. The first-order valence-electron chi connectivity index (χ1n) is 5.96. The highest BCUT2D eigenvalue weighted by atomic mass is 14.5. The number of benzene rings is 1. The lowest BCUT2D eigenvalue weighted by Crippen LogP contribution is -1.91. The number of aryl methyl sites for hydroxylation is 1. The summed E-state index contributed by atoms with van der Waals surface area (Å²) in [5, 5.41) is 0. The van der Waals surface area contributed by atoms with Crippen LogP contribution in [0.2, 0.25) is 0 Å². The van der Waals surface area contributed by atoms with Gasteiger partial charge in [-0.05, 0) is 24.5 Å². The van der Waals surface area contributed by atoms with Crippen LogP contribution in [-0.4, -0.2) is 0 Å². The second kappa shape index (κ2) is 8.34. The highest BCUT2D eigenvalue weighted by Crippen LogP contribution is 2.10. The van der Waals surface area contributed by atoms with Crippen molar-refractivity contribution in [3.05, 3.63) is 29.8 Å². The Hall–Kier alpha value is -0.980. The number of anilines is 1. The third-order valence-electron chi connectivity index (χ3n) is 2.92. The van der Waals surface area contributed by atoms with Crippen molar-refractivity contribution in [2.24, 2.45) is 5.92 Å². The molecule has 0 aliphatic carbocycles. The van der Waals surface area contributed by atoms with E-state index in [-0.39, 0.29) is 0 Å². The smallest absolute Gasteiger partial charge is 0.0343 e. The van der Waals surface area contributed by atoms with Gasteiger partial charge in [0.05, 0.1) is 0 Å². The van der Waals surface area contributed by atoms with Gasteiger partial charge in [-0.15, -0.1) is 0 Å². The van der Waals surface area contributed by atoms with Crippen LogP contribution in [0.25, 0.3) is 0 Å². The van der Waals surface area contributed by atoms with Crippen LogP contribution in [0.1, 0.15) is 45.6 Å². The molecule has 86 valence electrons. The predicted octanol–water partition coefficient (Wildman–Crippen LogP) is 4.41. The third kappa shape index (κ3) is 6.16. The van der Waals surface area contributed by atoms with E-state index < -0.39 is 0 Å². The SMILES string of the molecule is CCC(CC)CC.Cc1ccccc1N. The lowest BCUT2D eigenvalue weighted by molar-refractivity contribution is 0.477. The van der Waals surface area contributed by atoms with Crippen molar-refractivity contribution < 1.29 is 0 Å². The van der Waals surface area contributed by atoms with E-state index in [1.54, 1.807) is 0 Å². The average molecular weight is 207 g/mol. The van der Waals surface area contributed by atoms with E-state index in [2.05, 4.69) is 20.8 Å². The zero-order valence-electron chi connectivity index (χ0n) is 10.6. The first-order valence-corrected chi connectivity index (χ1v) is 5.96. The summed E-state index contributed by atoms with van der Waals surface area (Å²) in [6.07, 6.45) is 4.06. The van der Waals surface area contributed by atoms with E-state index in [0.717, 1.165) is 17.2 Å². The van der Waals surface area contributed by atoms with Gasteiger partial charge in [0.25, 0.3) is 0 Å². The first kappa shape index (κ1) is 14.0. The molecule has 0 radical (unpaired) electrons. The number of nitrogens with two attached hydrogens (primary N) is 1. The minimum Gasteiger partial charge on any atom is -0.399 e. The molecule has 0 aliphatic heterocycles. The standard InChI is InChI=1S/C7H9N.C7H16/c1-6-4-2-3-5-7(6)8;1-4-7(5-2)6-3/h2-5H,8H2,1H3;7H,4-6H2,1-3H3. The van der Waals surface area contributed by atoms with Crippen molar-refractivity contribution in [1.82, 2.24) is 0 Å². The summed E-state index contributed by atoms with van der Waals surface area (Å²) in [5.41, 5.74) is 7.53. The molecule has 0 fully saturated rings. The Morgan fingerprint density at radius 1 is 1.00 bits per heavy atom. The lowest BCUT2D eigenvalue weighted by Gasteiger charge is -2.05. The average Bonchev–Trinajstić information content (AvgIpc) is 2.26. The Bertz CT molecular complexity index is 225. The lowest BCUT2D eigenvalue weighted by atomic mass is 10.0. The molecule has 15 heavy (non-hydrogen) atoms. The van der Waals surface area contributed by atoms with E-state index in [1.165, 1.54) is 19.3 Å². The van der Waals surface area contributed by atoms with Gasteiger partial charge in [0, 0.05) is 5.69 Å². The highest BCUT2D eigenvalue weighted by Gasteiger charge is 1.95. The summed E-state index contributed by atoms with van der Waals surface area (Å²) in [7, 11) is 0. The van der Waals surface area contributed by atoms with Gasteiger partial charge < -0.3 is 5.73 Å². The van der Waals surface area contributed by atoms with Crippen LogP contribution >= 0.6 is 0 Å². The second-order valence-corrected chi connectivity index (χ2v) is 3.95. The fraction of sp³-hybridized carbons (Fsp3) is 0.571. The van der Waals surface area contributed by atoms with Gasteiger partial charge in [0.15, 0.2) is 0 Å². The van der Waals surface area contributed by atoms with Crippen molar-refractivity contribution in [2.75, 3.05) is 5.73 Å². The van der Waals surface area contributed by atoms with Crippen molar-refractivity contribution in [3.8, 4) is 0 Å². The number of para-hydroxylation sites is 1. The number of hydrogen-bond donors (Lipinski definition) is 1. The highest BCUT2D eigenvalue weighted by molar-refractivity contribution is 5.44. The van der Waals surface area contributed by atoms with Crippen LogP contribution in [0, 0.1) is 12.8 Å². The summed E-state index contributed by atoms with van der Waals surface area (Å²) in [6.45, 7) is 8.78. The molecule has 0 aliphatic rings. The third-order valence-corrected chi connectivity index (χ3v) is 2.92. The maximum atomic E-state index is 5.52. The molecule has 1 aromatic carbocycles. The van der Waals surface area contributed by atoms with Gasteiger partial charge in [-0.1, -0.05) is 58.2 Å². The second-order valence-electron chi connectivity index (χ2n) is 3.95. The minimum atomic E-state index is 0.868. The van der Waals surface area contributed by atoms with Crippen LogP contribution in [0.5, 0.6) is 0 Å². The molecule has 0 spiro atoms. The topological polar surface area (TPSA) is 26.0 Å². The molecule has 0 amide bonds. The van der Waals surface area contributed by atoms with E-state index >= 15 is 0 Å². The monoisotopic (exact) mass is 207 g/mol. The molecule has 1 aromatic rings. The van der Waals surface area contributed by atoms with Crippen LogP contribution < -0.4 is 5.73 Å². The maximum Gasteiger partial charge on any atom is 0.0343 e. The molecule has 0 heterocycles. The minimum absolute atomic E-state index is 0.868. The van der Waals surface area contributed by atoms with Crippen molar-refractivity contribution in [2.45, 2.75) is 47.0 Å². The van der Waals surface area contributed by atoms with E-state index in [0.29, 0.717) is 0 Å². The van der Waals surface area contributed by atoms with Gasteiger partial charge >= 0.3 is 0 Å².